The molecule has 108 valence electrons. The van der Waals surface area contributed by atoms with E-state index in [2.05, 4.69) is 11.0 Å². The molecule has 0 atom stereocenters. The molecule has 20 heavy (non-hydrogen) atoms. The first-order chi connectivity index (χ1) is 9.62. The Morgan fingerprint density at radius 2 is 2.25 bits per heavy atom. The van der Waals surface area contributed by atoms with Gasteiger partial charge >= 0.3 is 5.97 Å². The Hall–Kier alpha value is -1.74. The smallest absolute Gasteiger partial charge is 0.343 e. The number of carbonyl (C=O) groups is 1. The monoisotopic (exact) mass is 293 g/mol. The second kappa shape index (κ2) is 6.14. The van der Waals surface area contributed by atoms with Gasteiger partial charge in [0.1, 0.15) is 21.5 Å². The van der Waals surface area contributed by atoms with Crippen molar-refractivity contribution in [3.05, 3.63) is 10.4 Å². The van der Waals surface area contributed by atoms with E-state index in [0.29, 0.717) is 23.0 Å². The van der Waals surface area contributed by atoms with Gasteiger partial charge in [-0.05, 0) is 32.6 Å². The Balaban J connectivity index is 2.38. The quantitative estimate of drug-likeness (QED) is 0.816. The summed E-state index contributed by atoms with van der Waals surface area (Å²) in [4.78, 5) is 14.6. The fourth-order valence-electron chi connectivity index (χ4n) is 2.11. The molecular weight excluding hydrogens is 274 g/mol. The van der Waals surface area contributed by atoms with Crippen LogP contribution in [0.5, 0.6) is 0 Å². The van der Waals surface area contributed by atoms with E-state index >= 15 is 0 Å². The van der Waals surface area contributed by atoms with Crippen molar-refractivity contribution in [2.75, 3.05) is 30.3 Å². The van der Waals surface area contributed by atoms with Gasteiger partial charge in [0.05, 0.1) is 12.3 Å². The lowest BCUT2D eigenvalue weighted by Crippen LogP contribution is -2.26. The lowest BCUT2D eigenvalue weighted by molar-refractivity contribution is 0.0529. The highest BCUT2D eigenvalue weighted by Gasteiger charge is 2.30. The third-order valence-corrected chi connectivity index (χ3v) is 4.52. The number of nitrogen functional groups attached to an aromatic ring is 1. The van der Waals surface area contributed by atoms with Crippen molar-refractivity contribution >= 4 is 28.0 Å². The molecule has 0 amide bonds. The van der Waals surface area contributed by atoms with Crippen molar-refractivity contribution in [3.63, 3.8) is 0 Å². The minimum atomic E-state index is -0.438. The van der Waals surface area contributed by atoms with E-state index < -0.39 is 5.97 Å². The topological polar surface area (TPSA) is 79.3 Å². The van der Waals surface area contributed by atoms with Crippen molar-refractivity contribution in [1.29, 1.82) is 5.26 Å². The van der Waals surface area contributed by atoms with Gasteiger partial charge in [-0.15, -0.1) is 11.3 Å². The third-order valence-electron chi connectivity index (χ3n) is 3.35. The Bertz CT molecular complexity index is 543. The molecule has 6 heteroatoms. The summed E-state index contributed by atoms with van der Waals surface area (Å²) in [5.41, 5.74) is 6.55. The third kappa shape index (κ3) is 2.88. The summed E-state index contributed by atoms with van der Waals surface area (Å²) in [6.45, 7) is 5.79. The lowest BCUT2D eigenvalue weighted by Gasteiger charge is -2.22. The first-order valence-electron chi connectivity index (χ1n) is 6.86. The average Bonchev–Trinajstić information content (AvgIpc) is 3.19. The van der Waals surface area contributed by atoms with Crippen LogP contribution in [0.15, 0.2) is 0 Å². The van der Waals surface area contributed by atoms with Gasteiger partial charge < -0.3 is 15.4 Å². The number of thiophene rings is 1. The lowest BCUT2D eigenvalue weighted by atomic mass is 10.2. The number of carbonyl (C=O) groups excluding carboxylic acids is 1. The SMILES string of the molecule is CCOC(=O)c1c(N(CC)CC2CC2)sc(C#N)c1N. The van der Waals surface area contributed by atoms with Gasteiger partial charge in [-0.25, -0.2) is 4.79 Å². The molecule has 0 spiro atoms. The Morgan fingerprint density at radius 3 is 2.75 bits per heavy atom. The predicted molar refractivity (Wildman–Crippen MR) is 80.0 cm³/mol. The molecule has 0 saturated heterocycles. The summed E-state index contributed by atoms with van der Waals surface area (Å²) in [5.74, 6) is 0.255. The molecule has 0 bridgehead atoms. The number of nitrogens with zero attached hydrogens (tertiary/aromatic N) is 2. The second-order valence-corrected chi connectivity index (χ2v) is 5.84. The van der Waals surface area contributed by atoms with Gasteiger partial charge in [0.25, 0.3) is 0 Å². The molecule has 5 nitrogen and oxygen atoms in total. The van der Waals surface area contributed by atoms with E-state index in [-0.39, 0.29) is 5.69 Å². The fraction of sp³-hybridized carbons (Fsp3) is 0.571. The van der Waals surface area contributed by atoms with Crippen LogP contribution in [0.1, 0.15) is 41.9 Å². The molecule has 2 N–H and O–H groups in total. The van der Waals surface area contributed by atoms with Crippen LogP contribution in [-0.4, -0.2) is 25.7 Å². The number of rotatable bonds is 6. The van der Waals surface area contributed by atoms with E-state index in [1.807, 2.05) is 6.92 Å². The molecule has 0 aromatic carbocycles. The molecule has 1 aliphatic rings. The van der Waals surface area contributed by atoms with Gasteiger partial charge in [0.2, 0.25) is 0 Å². The van der Waals surface area contributed by atoms with E-state index in [9.17, 15) is 4.79 Å². The number of ether oxygens (including phenoxy) is 1. The minimum Gasteiger partial charge on any atom is -0.462 e. The molecule has 1 aromatic heterocycles. The van der Waals surface area contributed by atoms with Crippen LogP contribution < -0.4 is 10.6 Å². The fourth-order valence-corrected chi connectivity index (χ4v) is 3.18. The highest BCUT2D eigenvalue weighted by atomic mass is 32.1. The predicted octanol–water partition coefficient (Wildman–Crippen LogP) is 2.61. The van der Waals surface area contributed by atoms with Crippen LogP contribution in [0.4, 0.5) is 10.7 Å². The van der Waals surface area contributed by atoms with Crippen LogP contribution >= 0.6 is 11.3 Å². The highest BCUT2D eigenvalue weighted by molar-refractivity contribution is 7.17. The van der Waals surface area contributed by atoms with Crippen LogP contribution in [0.25, 0.3) is 0 Å². The van der Waals surface area contributed by atoms with Crippen LogP contribution in [0, 0.1) is 17.2 Å². The molecule has 0 unspecified atom stereocenters. The summed E-state index contributed by atoms with van der Waals surface area (Å²) < 4.78 is 5.07. The molecule has 2 rings (SSSR count). The first kappa shape index (κ1) is 14.7. The highest BCUT2D eigenvalue weighted by Crippen LogP contribution is 2.40. The number of nitriles is 1. The molecule has 0 aliphatic heterocycles. The largest absolute Gasteiger partial charge is 0.462 e. The van der Waals surface area contributed by atoms with Gasteiger partial charge in [0, 0.05) is 13.1 Å². The molecule has 0 radical (unpaired) electrons. The maximum absolute atomic E-state index is 12.1. The normalized spacial score (nSPS) is 13.8. The van der Waals surface area contributed by atoms with Crippen LogP contribution in [0.3, 0.4) is 0 Å². The molecule has 1 saturated carbocycles. The van der Waals surface area contributed by atoms with E-state index in [1.165, 1.54) is 24.2 Å². The van der Waals surface area contributed by atoms with E-state index in [0.717, 1.165) is 18.1 Å². The Morgan fingerprint density at radius 1 is 1.55 bits per heavy atom. The molecule has 1 aliphatic carbocycles. The summed E-state index contributed by atoms with van der Waals surface area (Å²) in [6, 6.07) is 2.06. The zero-order valence-corrected chi connectivity index (χ0v) is 12.6. The van der Waals surface area contributed by atoms with Crippen LogP contribution in [-0.2, 0) is 4.74 Å². The zero-order valence-electron chi connectivity index (χ0n) is 11.8. The number of nitrogens with two attached hydrogens (primary N) is 1. The minimum absolute atomic E-state index is 0.250. The average molecular weight is 293 g/mol. The summed E-state index contributed by atoms with van der Waals surface area (Å²) >= 11 is 1.28. The maximum Gasteiger partial charge on any atom is 0.343 e. The van der Waals surface area contributed by atoms with Crippen molar-refractivity contribution in [2.24, 2.45) is 5.92 Å². The molecule has 1 fully saturated rings. The summed E-state index contributed by atoms with van der Waals surface area (Å²) in [5, 5.41) is 9.90. The van der Waals surface area contributed by atoms with E-state index in [4.69, 9.17) is 15.7 Å². The zero-order chi connectivity index (χ0) is 14.7. The van der Waals surface area contributed by atoms with Crippen molar-refractivity contribution in [3.8, 4) is 6.07 Å². The maximum atomic E-state index is 12.1. The van der Waals surface area contributed by atoms with Gasteiger partial charge in [0.15, 0.2) is 0 Å². The van der Waals surface area contributed by atoms with Crippen LogP contribution in [0.2, 0.25) is 0 Å². The van der Waals surface area contributed by atoms with E-state index in [1.54, 1.807) is 6.92 Å². The van der Waals surface area contributed by atoms with Gasteiger partial charge in [-0.3, -0.25) is 0 Å². The molecule has 1 heterocycles. The van der Waals surface area contributed by atoms with Gasteiger partial charge in [-0.1, -0.05) is 0 Å². The summed E-state index contributed by atoms with van der Waals surface area (Å²) in [7, 11) is 0. The summed E-state index contributed by atoms with van der Waals surface area (Å²) in [6.07, 6.45) is 2.47. The standard InChI is InChI=1S/C14H19N3O2S/c1-3-17(8-9-5-6-9)13-11(14(18)19-4-2)12(16)10(7-15)20-13/h9H,3-6,8,16H2,1-2H3. The Kier molecular flexibility index (Phi) is 4.50. The van der Waals surface area contributed by atoms with Gasteiger partial charge in [-0.2, -0.15) is 5.26 Å². The number of anilines is 2. The first-order valence-corrected chi connectivity index (χ1v) is 7.68. The second-order valence-electron chi connectivity index (χ2n) is 4.84. The Labute approximate surface area is 122 Å². The number of hydrogen-bond donors (Lipinski definition) is 1. The number of hydrogen-bond acceptors (Lipinski definition) is 6. The van der Waals surface area contributed by atoms with Crippen molar-refractivity contribution < 1.29 is 9.53 Å². The molecule has 1 aromatic rings. The van der Waals surface area contributed by atoms with Crippen molar-refractivity contribution in [1.82, 2.24) is 0 Å². The number of esters is 1. The van der Waals surface area contributed by atoms with Crippen molar-refractivity contribution in [2.45, 2.75) is 26.7 Å². The molecular formula is C14H19N3O2S.